The van der Waals surface area contributed by atoms with E-state index in [2.05, 4.69) is 21.0 Å². The molecular formula is C12H12BrClN2O. The molecule has 0 amide bonds. The van der Waals surface area contributed by atoms with Crippen LogP contribution in [0.3, 0.4) is 0 Å². The molecule has 0 aliphatic rings. The molecule has 0 radical (unpaired) electrons. The Balaban J connectivity index is 2.57. The van der Waals surface area contributed by atoms with Crippen LogP contribution >= 0.6 is 27.5 Å². The summed E-state index contributed by atoms with van der Waals surface area (Å²) in [4.78, 5) is 0. The fraction of sp³-hybridized carbons (Fsp3) is 0.250. The van der Waals surface area contributed by atoms with Gasteiger partial charge in [0.15, 0.2) is 0 Å². The number of halogens is 2. The Labute approximate surface area is 113 Å². The van der Waals surface area contributed by atoms with Gasteiger partial charge >= 0.3 is 0 Å². The molecule has 0 aliphatic heterocycles. The van der Waals surface area contributed by atoms with Crippen LogP contribution < -0.4 is 0 Å². The summed E-state index contributed by atoms with van der Waals surface area (Å²) in [5.74, 6) is 0. The van der Waals surface area contributed by atoms with Gasteiger partial charge < -0.3 is 5.11 Å². The summed E-state index contributed by atoms with van der Waals surface area (Å²) >= 11 is 9.45. The van der Waals surface area contributed by atoms with Crippen molar-refractivity contribution >= 4 is 27.5 Å². The van der Waals surface area contributed by atoms with Crippen molar-refractivity contribution in [2.24, 2.45) is 7.05 Å². The molecule has 0 aliphatic carbocycles. The highest BCUT2D eigenvalue weighted by molar-refractivity contribution is 9.10. The first-order chi connectivity index (χ1) is 7.93. The minimum atomic E-state index is -1.17. The van der Waals surface area contributed by atoms with E-state index in [0.29, 0.717) is 10.7 Å². The van der Waals surface area contributed by atoms with Gasteiger partial charge in [-0.1, -0.05) is 39.7 Å². The molecule has 1 aromatic heterocycles. The number of aliphatic hydroxyl groups is 1. The average molecular weight is 316 g/mol. The molecule has 2 rings (SSSR count). The van der Waals surface area contributed by atoms with E-state index in [1.54, 1.807) is 18.7 Å². The Morgan fingerprint density at radius 2 is 2.18 bits per heavy atom. The van der Waals surface area contributed by atoms with E-state index < -0.39 is 5.60 Å². The van der Waals surface area contributed by atoms with Gasteiger partial charge in [0, 0.05) is 11.5 Å². The van der Waals surface area contributed by atoms with Gasteiger partial charge in [0.1, 0.15) is 5.60 Å². The second-order valence-corrected chi connectivity index (χ2v) is 5.37. The van der Waals surface area contributed by atoms with Crippen molar-refractivity contribution in [2.45, 2.75) is 12.5 Å². The monoisotopic (exact) mass is 314 g/mol. The van der Waals surface area contributed by atoms with Gasteiger partial charge in [-0.05, 0) is 24.6 Å². The summed E-state index contributed by atoms with van der Waals surface area (Å²) in [5.41, 5.74) is 0.168. The molecule has 0 saturated carbocycles. The van der Waals surface area contributed by atoms with E-state index in [0.717, 1.165) is 10.0 Å². The lowest BCUT2D eigenvalue weighted by Crippen LogP contribution is -2.26. The van der Waals surface area contributed by atoms with Crippen molar-refractivity contribution in [1.29, 1.82) is 0 Å². The van der Waals surface area contributed by atoms with Crippen LogP contribution in [0.5, 0.6) is 0 Å². The van der Waals surface area contributed by atoms with Gasteiger partial charge in [-0.15, -0.1) is 0 Å². The largest absolute Gasteiger partial charge is 0.379 e. The van der Waals surface area contributed by atoms with Crippen molar-refractivity contribution in [1.82, 2.24) is 9.78 Å². The third-order valence-electron chi connectivity index (χ3n) is 2.74. The molecule has 90 valence electrons. The third kappa shape index (κ3) is 2.25. The predicted octanol–water partition coefficient (Wildman–Crippen LogP) is 3.09. The molecule has 2 aromatic rings. The third-order valence-corrected chi connectivity index (χ3v) is 3.51. The summed E-state index contributed by atoms with van der Waals surface area (Å²) in [6, 6.07) is 7.50. The highest BCUT2D eigenvalue weighted by atomic mass is 79.9. The highest BCUT2D eigenvalue weighted by Gasteiger charge is 2.31. The standard InChI is InChI=1S/C12H12BrClN2O/c1-12(17,8-4-3-5-9(13)6-8)11-10(14)7-15-16(11)2/h3-7,17H,1-2H3. The summed E-state index contributed by atoms with van der Waals surface area (Å²) in [6.07, 6.45) is 1.53. The first-order valence-electron chi connectivity index (χ1n) is 5.09. The summed E-state index contributed by atoms with van der Waals surface area (Å²) in [6.45, 7) is 1.71. The summed E-state index contributed by atoms with van der Waals surface area (Å²) in [5, 5.41) is 15.2. The van der Waals surface area contributed by atoms with Crippen LogP contribution in [-0.4, -0.2) is 14.9 Å². The van der Waals surface area contributed by atoms with E-state index in [-0.39, 0.29) is 0 Å². The minimum Gasteiger partial charge on any atom is -0.379 e. The lowest BCUT2D eigenvalue weighted by atomic mass is 9.92. The SMILES string of the molecule is Cn1ncc(Cl)c1C(C)(O)c1cccc(Br)c1. The van der Waals surface area contributed by atoms with Crippen LogP contribution in [0.4, 0.5) is 0 Å². The topological polar surface area (TPSA) is 38.0 Å². The van der Waals surface area contributed by atoms with Gasteiger partial charge in [-0.2, -0.15) is 5.10 Å². The molecule has 17 heavy (non-hydrogen) atoms. The van der Waals surface area contributed by atoms with Crippen LogP contribution in [-0.2, 0) is 12.6 Å². The minimum absolute atomic E-state index is 0.456. The smallest absolute Gasteiger partial charge is 0.130 e. The quantitative estimate of drug-likeness (QED) is 0.925. The number of aromatic nitrogens is 2. The Morgan fingerprint density at radius 3 is 2.71 bits per heavy atom. The lowest BCUT2D eigenvalue weighted by Gasteiger charge is -2.24. The molecule has 1 heterocycles. The van der Waals surface area contributed by atoms with E-state index in [1.165, 1.54) is 6.20 Å². The Kier molecular flexibility index (Phi) is 3.30. The van der Waals surface area contributed by atoms with Crippen molar-refractivity contribution in [3.8, 4) is 0 Å². The maximum absolute atomic E-state index is 10.7. The molecule has 1 N–H and O–H groups in total. The van der Waals surface area contributed by atoms with E-state index in [9.17, 15) is 5.11 Å². The zero-order valence-electron chi connectivity index (χ0n) is 9.48. The van der Waals surface area contributed by atoms with Crippen LogP contribution in [0.2, 0.25) is 5.02 Å². The Morgan fingerprint density at radius 1 is 1.47 bits per heavy atom. The number of rotatable bonds is 2. The maximum Gasteiger partial charge on any atom is 0.130 e. The van der Waals surface area contributed by atoms with Gasteiger partial charge in [-0.3, -0.25) is 4.68 Å². The molecule has 0 spiro atoms. The van der Waals surface area contributed by atoms with Crippen molar-refractivity contribution < 1.29 is 5.11 Å². The normalized spacial score (nSPS) is 14.6. The van der Waals surface area contributed by atoms with Gasteiger partial charge in [-0.25, -0.2) is 0 Å². The Hall–Kier alpha value is -0.840. The number of aryl methyl sites for hydroxylation is 1. The number of nitrogens with zero attached hydrogens (tertiary/aromatic N) is 2. The van der Waals surface area contributed by atoms with Crippen LogP contribution in [0, 0.1) is 0 Å². The Bertz CT molecular complexity index is 532. The molecule has 5 heteroatoms. The molecule has 0 fully saturated rings. The molecular weight excluding hydrogens is 304 g/mol. The van der Waals surface area contributed by atoms with Crippen LogP contribution in [0.15, 0.2) is 34.9 Å². The van der Waals surface area contributed by atoms with E-state index >= 15 is 0 Å². The highest BCUT2D eigenvalue weighted by Crippen LogP contribution is 2.34. The van der Waals surface area contributed by atoms with Crippen LogP contribution in [0.25, 0.3) is 0 Å². The number of hydrogen-bond acceptors (Lipinski definition) is 2. The predicted molar refractivity (Wildman–Crippen MR) is 71.0 cm³/mol. The van der Waals surface area contributed by atoms with E-state index in [1.807, 2.05) is 24.3 Å². The van der Waals surface area contributed by atoms with Crippen LogP contribution in [0.1, 0.15) is 18.2 Å². The second-order valence-electron chi connectivity index (χ2n) is 4.05. The van der Waals surface area contributed by atoms with Gasteiger partial charge in [0.2, 0.25) is 0 Å². The zero-order valence-corrected chi connectivity index (χ0v) is 11.8. The van der Waals surface area contributed by atoms with Gasteiger partial charge in [0.05, 0.1) is 16.9 Å². The molecule has 0 bridgehead atoms. The number of benzene rings is 1. The fourth-order valence-corrected chi connectivity index (χ4v) is 2.64. The van der Waals surface area contributed by atoms with Crippen molar-refractivity contribution in [2.75, 3.05) is 0 Å². The maximum atomic E-state index is 10.7. The molecule has 0 saturated heterocycles. The van der Waals surface area contributed by atoms with Gasteiger partial charge in [0.25, 0.3) is 0 Å². The molecule has 1 atom stereocenters. The first-order valence-corrected chi connectivity index (χ1v) is 6.26. The molecule has 1 unspecified atom stereocenters. The summed E-state index contributed by atoms with van der Waals surface area (Å²) < 4.78 is 2.50. The number of hydrogen-bond donors (Lipinski definition) is 1. The summed E-state index contributed by atoms with van der Waals surface area (Å²) in [7, 11) is 1.76. The molecule has 1 aromatic carbocycles. The fourth-order valence-electron chi connectivity index (χ4n) is 1.89. The van der Waals surface area contributed by atoms with Crippen molar-refractivity contribution in [3.05, 3.63) is 51.2 Å². The average Bonchev–Trinajstić information content (AvgIpc) is 2.59. The zero-order chi connectivity index (χ0) is 12.6. The first kappa shape index (κ1) is 12.6. The lowest BCUT2D eigenvalue weighted by molar-refractivity contribution is 0.0929. The van der Waals surface area contributed by atoms with Crippen molar-refractivity contribution in [3.63, 3.8) is 0 Å². The van der Waals surface area contributed by atoms with E-state index in [4.69, 9.17) is 11.6 Å². The second kappa shape index (κ2) is 4.44. The molecule has 3 nitrogen and oxygen atoms in total.